The number of nitrogens with zero attached hydrogens (tertiary/aromatic N) is 2. The number of carboxylic acids is 1. The van der Waals surface area contributed by atoms with Crippen LogP contribution < -0.4 is 0 Å². The summed E-state index contributed by atoms with van der Waals surface area (Å²) in [5.74, 6) is -1.24. The van der Waals surface area contributed by atoms with Crippen LogP contribution in [0.1, 0.15) is 28.8 Å². The van der Waals surface area contributed by atoms with Gasteiger partial charge in [0.1, 0.15) is 11.8 Å². The first kappa shape index (κ1) is 13.5. The molecule has 1 rings (SSSR count). The molecular formula is C10H7BrF2N2O2. The number of hydrogen-bond acceptors (Lipinski definition) is 3. The van der Waals surface area contributed by atoms with Gasteiger partial charge in [-0.1, -0.05) is 15.9 Å². The van der Waals surface area contributed by atoms with E-state index in [0.717, 1.165) is 6.20 Å². The third-order valence-corrected chi connectivity index (χ3v) is 2.68. The molecule has 1 heterocycles. The SMILES string of the molecule is N#Cc1cnc(C(F)F)c(CC(=O)O)c1CBr. The molecule has 7 heteroatoms. The van der Waals surface area contributed by atoms with Crippen LogP contribution in [0.3, 0.4) is 0 Å². The van der Waals surface area contributed by atoms with E-state index in [1.54, 1.807) is 6.07 Å². The van der Waals surface area contributed by atoms with Gasteiger partial charge in [0.25, 0.3) is 6.43 Å². The number of nitriles is 1. The van der Waals surface area contributed by atoms with Gasteiger partial charge in [-0.25, -0.2) is 8.78 Å². The van der Waals surface area contributed by atoms with E-state index in [1.807, 2.05) is 0 Å². The van der Waals surface area contributed by atoms with Crippen molar-refractivity contribution in [1.82, 2.24) is 4.98 Å². The van der Waals surface area contributed by atoms with Crippen LogP contribution in [0.25, 0.3) is 0 Å². The molecule has 0 spiro atoms. The van der Waals surface area contributed by atoms with E-state index in [9.17, 15) is 13.6 Å². The lowest BCUT2D eigenvalue weighted by atomic mass is 10.0. The van der Waals surface area contributed by atoms with Crippen molar-refractivity contribution < 1.29 is 18.7 Å². The number of aliphatic carboxylic acids is 1. The van der Waals surface area contributed by atoms with Crippen molar-refractivity contribution in [2.45, 2.75) is 18.2 Å². The minimum absolute atomic E-state index is 0.0941. The number of pyridine rings is 1. The number of alkyl halides is 3. The number of halogens is 3. The van der Waals surface area contributed by atoms with E-state index in [2.05, 4.69) is 20.9 Å². The molecule has 0 unspecified atom stereocenters. The van der Waals surface area contributed by atoms with Gasteiger partial charge in [0.2, 0.25) is 0 Å². The zero-order valence-corrected chi connectivity index (χ0v) is 10.0. The van der Waals surface area contributed by atoms with Gasteiger partial charge < -0.3 is 5.11 Å². The molecule has 1 aromatic rings. The second kappa shape index (κ2) is 5.68. The van der Waals surface area contributed by atoms with E-state index >= 15 is 0 Å². The third-order valence-electron chi connectivity index (χ3n) is 2.12. The summed E-state index contributed by atoms with van der Waals surface area (Å²) in [6.45, 7) is 0. The fraction of sp³-hybridized carbons (Fsp3) is 0.300. The zero-order valence-electron chi connectivity index (χ0n) is 8.45. The van der Waals surface area contributed by atoms with Crippen molar-refractivity contribution in [2.24, 2.45) is 0 Å². The van der Waals surface area contributed by atoms with E-state index in [0.29, 0.717) is 0 Å². The molecule has 0 aliphatic rings. The Morgan fingerprint density at radius 3 is 2.65 bits per heavy atom. The van der Waals surface area contributed by atoms with Crippen LogP contribution in [0, 0.1) is 11.3 Å². The Balaban J connectivity index is 3.45. The van der Waals surface area contributed by atoms with Crippen molar-refractivity contribution in [3.8, 4) is 6.07 Å². The van der Waals surface area contributed by atoms with E-state index in [-0.39, 0.29) is 22.0 Å². The smallest absolute Gasteiger partial charge is 0.307 e. The number of carboxylic acid groups (broad SMARTS) is 1. The van der Waals surface area contributed by atoms with E-state index in [1.165, 1.54) is 0 Å². The highest BCUT2D eigenvalue weighted by Crippen LogP contribution is 2.27. The van der Waals surface area contributed by atoms with Crippen molar-refractivity contribution in [3.05, 3.63) is 28.6 Å². The van der Waals surface area contributed by atoms with Gasteiger partial charge in [-0.05, 0) is 11.1 Å². The maximum atomic E-state index is 12.7. The van der Waals surface area contributed by atoms with Gasteiger partial charge in [-0.15, -0.1) is 0 Å². The second-order valence-electron chi connectivity index (χ2n) is 3.13. The monoisotopic (exact) mass is 304 g/mol. The summed E-state index contributed by atoms with van der Waals surface area (Å²) >= 11 is 3.06. The topological polar surface area (TPSA) is 74.0 Å². The van der Waals surface area contributed by atoms with Crippen molar-refractivity contribution in [1.29, 1.82) is 5.26 Å². The van der Waals surface area contributed by atoms with Crippen LogP contribution in [0.2, 0.25) is 0 Å². The van der Waals surface area contributed by atoms with Crippen LogP contribution in [-0.2, 0) is 16.5 Å². The second-order valence-corrected chi connectivity index (χ2v) is 3.69. The normalized spacial score (nSPS) is 10.3. The highest BCUT2D eigenvalue weighted by atomic mass is 79.9. The van der Waals surface area contributed by atoms with Gasteiger partial charge in [0.05, 0.1) is 12.0 Å². The zero-order chi connectivity index (χ0) is 13.0. The van der Waals surface area contributed by atoms with Gasteiger partial charge in [-0.2, -0.15) is 5.26 Å². The first-order valence-electron chi connectivity index (χ1n) is 4.47. The van der Waals surface area contributed by atoms with Crippen molar-refractivity contribution >= 4 is 21.9 Å². The number of hydrogen-bond donors (Lipinski definition) is 1. The number of carbonyl (C=O) groups is 1. The van der Waals surface area contributed by atoms with Gasteiger partial charge in [0.15, 0.2) is 0 Å². The lowest BCUT2D eigenvalue weighted by Crippen LogP contribution is -2.10. The lowest BCUT2D eigenvalue weighted by Gasteiger charge is -2.11. The van der Waals surface area contributed by atoms with Crippen molar-refractivity contribution in [2.75, 3.05) is 0 Å². The number of aromatic nitrogens is 1. The molecule has 0 saturated carbocycles. The van der Waals surface area contributed by atoms with E-state index in [4.69, 9.17) is 10.4 Å². The summed E-state index contributed by atoms with van der Waals surface area (Å²) in [5.41, 5.74) is -0.327. The fourth-order valence-corrected chi connectivity index (χ4v) is 2.03. The predicted octanol–water partition coefficient (Wildman–Crippen LogP) is 2.41. The Labute approximate surface area is 104 Å². The molecule has 4 nitrogen and oxygen atoms in total. The van der Waals surface area contributed by atoms with Gasteiger partial charge in [0, 0.05) is 11.5 Å². The molecule has 0 atom stereocenters. The van der Waals surface area contributed by atoms with Gasteiger partial charge >= 0.3 is 5.97 Å². The summed E-state index contributed by atoms with van der Waals surface area (Å²) in [6, 6.07) is 1.80. The van der Waals surface area contributed by atoms with Crippen LogP contribution >= 0.6 is 15.9 Å². The predicted molar refractivity (Wildman–Crippen MR) is 57.9 cm³/mol. The molecule has 0 radical (unpaired) electrons. The molecule has 1 aromatic heterocycles. The lowest BCUT2D eigenvalue weighted by molar-refractivity contribution is -0.136. The van der Waals surface area contributed by atoms with Crippen LogP contribution in [-0.4, -0.2) is 16.1 Å². The standard InChI is InChI=1S/C10H7BrF2N2O2/c11-2-7-5(3-14)4-15-9(10(12)13)6(7)1-8(16)17/h4,10H,1-2H2,(H,16,17). The largest absolute Gasteiger partial charge is 0.481 e. The molecule has 0 aromatic carbocycles. The van der Waals surface area contributed by atoms with Crippen LogP contribution in [0.5, 0.6) is 0 Å². The molecule has 1 N–H and O–H groups in total. The molecule has 0 bridgehead atoms. The molecule has 90 valence electrons. The minimum Gasteiger partial charge on any atom is -0.481 e. The number of rotatable bonds is 4. The highest BCUT2D eigenvalue weighted by molar-refractivity contribution is 9.08. The maximum absolute atomic E-state index is 12.7. The van der Waals surface area contributed by atoms with Crippen molar-refractivity contribution in [3.63, 3.8) is 0 Å². The van der Waals surface area contributed by atoms with Gasteiger partial charge in [-0.3, -0.25) is 9.78 Å². The van der Waals surface area contributed by atoms with Crippen LogP contribution in [0.15, 0.2) is 6.20 Å². The quantitative estimate of drug-likeness (QED) is 0.867. The minimum atomic E-state index is -2.87. The van der Waals surface area contributed by atoms with Crippen LogP contribution in [0.4, 0.5) is 8.78 Å². The molecule has 0 saturated heterocycles. The molecule has 17 heavy (non-hydrogen) atoms. The molecule has 0 fully saturated rings. The summed E-state index contributed by atoms with van der Waals surface area (Å²) in [7, 11) is 0. The summed E-state index contributed by atoms with van der Waals surface area (Å²) in [4.78, 5) is 14.1. The summed E-state index contributed by atoms with van der Waals surface area (Å²) in [5, 5.41) is 17.6. The summed E-state index contributed by atoms with van der Waals surface area (Å²) in [6.07, 6.45) is -2.41. The molecule has 0 aliphatic carbocycles. The first-order valence-corrected chi connectivity index (χ1v) is 5.60. The Bertz CT molecular complexity index is 486. The molecular weight excluding hydrogens is 298 g/mol. The molecule has 0 aliphatic heterocycles. The summed E-state index contributed by atoms with van der Waals surface area (Å²) < 4.78 is 25.4. The highest BCUT2D eigenvalue weighted by Gasteiger charge is 2.22. The fourth-order valence-electron chi connectivity index (χ4n) is 1.39. The van der Waals surface area contributed by atoms with E-state index < -0.39 is 24.5 Å². The Kier molecular flexibility index (Phi) is 4.52. The average molecular weight is 305 g/mol. The Morgan fingerprint density at radius 2 is 2.24 bits per heavy atom. The first-order chi connectivity index (χ1) is 8.01. The average Bonchev–Trinajstić information content (AvgIpc) is 2.27. The Morgan fingerprint density at radius 1 is 1.59 bits per heavy atom. The maximum Gasteiger partial charge on any atom is 0.307 e. The Hall–Kier alpha value is -1.55. The third kappa shape index (κ3) is 2.97. The molecule has 0 amide bonds.